The molecule has 1 amide bonds. The van der Waals surface area contributed by atoms with Gasteiger partial charge < -0.3 is 14.9 Å². The van der Waals surface area contributed by atoms with Crippen LogP contribution in [0.1, 0.15) is 49.7 Å². The molecule has 1 fully saturated rings. The number of nitrogens with zero attached hydrogens (tertiary/aromatic N) is 3. The van der Waals surface area contributed by atoms with Gasteiger partial charge in [-0.1, -0.05) is 12.1 Å². The van der Waals surface area contributed by atoms with Crippen LogP contribution in [0.4, 0.5) is 4.79 Å². The Balaban J connectivity index is 1.83. The Morgan fingerprint density at radius 2 is 2.38 bits per heavy atom. The minimum Gasteiger partial charge on any atom is -0.465 e. The van der Waals surface area contributed by atoms with Crippen LogP contribution in [-0.4, -0.2) is 26.3 Å². The van der Waals surface area contributed by atoms with E-state index in [1.807, 2.05) is 19.1 Å². The predicted molar refractivity (Wildman–Crippen MR) is 73.7 cm³/mol. The molecule has 0 spiro atoms. The van der Waals surface area contributed by atoms with Gasteiger partial charge in [-0.3, -0.25) is 4.98 Å². The maximum atomic E-state index is 10.7. The molecule has 2 aromatic heterocycles. The van der Waals surface area contributed by atoms with Gasteiger partial charge in [0, 0.05) is 23.4 Å². The van der Waals surface area contributed by atoms with Gasteiger partial charge in [-0.25, -0.2) is 4.79 Å². The summed E-state index contributed by atoms with van der Waals surface area (Å²) in [4.78, 5) is 19.4. The summed E-state index contributed by atoms with van der Waals surface area (Å²) in [5.74, 6) is 1.29. The van der Waals surface area contributed by atoms with E-state index in [2.05, 4.69) is 20.4 Å². The van der Waals surface area contributed by atoms with Crippen LogP contribution >= 0.6 is 0 Å². The summed E-state index contributed by atoms with van der Waals surface area (Å²) in [6.45, 7) is 1.85. The van der Waals surface area contributed by atoms with Crippen molar-refractivity contribution in [1.82, 2.24) is 20.4 Å². The summed E-state index contributed by atoms with van der Waals surface area (Å²) >= 11 is 0. The third kappa shape index (κ3) is 3.01. The molecule has 2 heterocycles. The van der Waals surface area contributed by atoms with Crippen molar-refractivity contribution in [3.63, 3.8) is 0 Å². The fraction of sp³-hybridized carbons (Fsp3) is 0.429. The highest BCUT2D eigenvalue weighted by Gasteiger charge is 2.26. The van der Waals surface area contributed by atoms with Crippen LogP contribution in [-0.2, 0) is 0 Å². The summed E-state index contributed by atoms with van der Waals surface area (Å²) in [5, 5.41) is 15.1. The second-order valence-electron chi connectivity index (χ2n) is 5.11. The average molecular weight is 288 g/mol. The molecule has 1 aliphatic rings. The molecule has 1 aliphatic carbocycles. The molecular weight excluding hydrogens is 272 g/mol. The molecule has 1 saturated carbocycles. The van der Waals surface area contributed by atoms with Gasteiger partial charge in [-0.2, -0.15) is 4.98 Å². The Morgan fingerprint density at radius 1 is 1.57 bits per heavy atom. The Labute approximate surface area is 121 Å². The number of rotatable bonds is 5. The largest absolute Gasteiger partial charge is 0.465 e. The van der Waals surface area contributed by atoms with Gasteiger partial charge in [0.1, 0.15) is 6.04 Å². The van der Waals surface area contributed by atoms with Crippen LogP contribution in [0.2, 0.25) is 0 Å². The standard InChI is InChI=1S/C14H16N4O3/c1-2-10(16-14(19)20)13-17-12(18-21-13)9-5-6-15-11(7-9)8-3-4-8/h5-8,10,16H,2-4H2,1H3,(H,19,20). The highest BCUT2D eigenvalue weighted by molar-refractivity contribution is 5.65. The second-order valence-corrected chi connectivity index (χ2v) is 5.11. The predicted octanol–water partition coefficient (Wildman–Crippen LogP) is 2.73. The van der Waals surface area contributed by atoms with E-state index in [4.69, 9.17) is 9.63 Å². The van der Waals surface area contributed by atoms with Crippen LogP contribution < -0.4 is 5.32 Å². The lowest BCUT2D eigenvalue weighted by Gasteiger charge is -2.08. The van der Waals surface area contributed by atoms with Gasteiger partial charge in [-0.05, 0) is 31.4 Å². The van der Waals surface area contributed by atoms with Crippen LogP contribution in [0.25, 0.3) is 11.4 Å². The van der Waals surface area contributed by atoms with Crippen molar-refractivity contribution >= 4 is 6.09 Å². The third-order valence-electron chi connectivity index (χ3n) is 3.48. The Kier molecular flexibility index (Phi) is 3.55. The van der Waals surface area contributed by atoms with Crippen LogP contribution in [0.3, 0.4) is 0 Å². The monoisotopic (exact) mass is 288 g/mol. The first-order valence-electron chi connectivity index (χ1n) is 6.96. The lowest BCUT2D eigenvalue weighted by molar-refractivity contribution is 0.185. The molecule has 110 valence electrons. The first-order valence-corrected chi connectivity index (χ1v) is 6.96. The molecule has 0 bridgehead atoms. The zero-order chi connectivity index (χ0) is 14.8. The molecule has 1 atom stereocenters. The van der Waals surface area contributed by atoms with Crippen molar-refractivity contribution in [2.75, 3.05) is 0 Å². The summed E-state index contributed by atoms with van der Waals surface area (Å²) in [5.41, 5.74) is 1.89. The topological polar surface area (TPSA) is 101 Å². The van der Waals surface area contributed by atoms with Crippen LogP contribution in [0.5, 0.6) is 0 Å². The van der Waals surface area contributed by atoms with Crippen LogP contribution in [0, 0.1) is 0 Å². The van der Waals surface area contributed by atoms with Crippen molar-refractivity contribution in [3.05, 3.63) is 29.9 Å². The molecule has 21 heavy (non-hydrogen) atoms. The number of pyridine rings is 1. The number of aromatic nitrogens is 3. The van der Waals surface area contributed by atoms with Crippen LogP contribution in [0.15, 0.2) is 22.9 Å². The summed E-state index contributed by atoms with van der Waals surface area (Å²) in [6, 6.07) is 3.30. The second kappa shape index (κ2) is 5.51. The maximum absolute atomic E-state index is 10.7. The fourth-order valence-electron chi connectivity index (χ4n) is 2.17. The minimum atomic E-state index is -1.11. The summed E-state index contributed by atoms with van der Waals surface area (Å²) < 4.78 is 5.18. The molecule has 0 radical (unpaired) electrons. The van der Waals surface area contributed by atoms with Crippen molar-refractivity contribution in [2.45, 2.75) is 38.1 Å². The Bertz CT molecular complexity index is 651. The van der Waals surface area contributed by atoms with E-state index >= 15 is 0 Å². The average Bonchev–Trinajstić information content (AvgIpc) is 3.22. The molecule has 0 saturated heterocycles. The van der Waals surface area contributed by atoms with Gasteiger partial charge in [0.15, 0.2) is 0 Å². The number of amides is 1. The quantitative estimate of drug-likeness (QED) is 0.877. The Morgan fingerprint density at radius 3 is 3.05 bits per heavy atom. The summed E-state index contributed by atoms with van der Waals surface area (Å²) in [6.07, 6.45) is 3.52. The van der Waals surface area contributed by atoms with E-state index in [9.17, 15) is 4.79 Å². The molecule has 2 aromatic rings. The Hall–Kier alpha value is -2.44. The highest BCUT2D eigenvalue weighted by atomic mass is 16.5. The van der Waals surface area contributed by atoms with Crippen molar-refractivity contribution in [3.8, 4) is 11.4 Å². The van der Waals surface area contributed by atoms with E-state index in [1.54, 1.807) is 6.20 Å². The van der Waals surface area contributed by atoms with Gasteiger partial charge in [0.25, 0.3) is 0 Å². The molecule has 0 aliphatic heterocycles. The van der Waals surface area contributed by atoms with Crippen molar-refractivity contribution in [2.24, 2.45) is 0 Å². The maximum Gasteiger partial charge on any atom is 0.405 e. The number of hydrogen-bond acceptors (Lipinski definition) is 5. The third-order valence-corrected chi connectivity index (χ3v) is 3.48. The molecule has 3 rings (SSSR count). The zero-order valence-corrected chi connectivity index (χ0v) is 11.6. The lowest BCUT2D eigenvalue weighted by atomic mass is 10.1. The highest BCUT2D eigenvalue weighted by Crippen LogP contribution is 2.39. The van der Waals surface area contributed by atoms with E-state index in [1.165, 1.54) is 12.8 Å². The molecule has 1 unspecified atom stereocenters. The molecule has 7 heteroatoms. The van der Waals surface area contributed by atoms with Crippen molar-refractivity contribution in [1.29, 1.82) is 0 Å². The number of carbonyl (C=O) groups is 1. The van der Waals surface area contributed by atoms with Gasteiger partial charge in [0.05, 0.1) is 0 Å². The fourth-order valence-corrected chi connectivity index (χ4v) is 2.17. The smallest absolute Gasteiger partial charge is 0.405 e. The first-order chi connectivity index (χ1) is 10.2. The van der Waals surface area contributed by atoms with Crippen molar-refractivity contribution < 1.29 is 14.4 Å². The number of hydrogen-bond donors (Lipinski definition) is 2. The minimum absolute atomic E-state index is 0.277. The lowest BCUT2D eigenvalue weighted by Crippen LogP contribution is -2.26. The SMILES string of the molecule is CCC(NC(=O)O)c1nc(-c2ccnc(C3CC3)c2)no1. The van der Waals surface area contributed by atoms with E-state index in [-0.39, 0.29) is 5.89 Å². The van der Waals surface area contributed by atoms with Gasteiger partial charge in [0.2, 0.25) is 11.7 Å². The normalized spacial score (nSPS) is 15.7. The number of nitrogens with one attached hydrogen (secondary N) is 1. The first kappa shape index (κ1) is 13.5. The molecule has 0 aromatic carbocycles. The molecule has 7 nitrogen and oxygen atoms in total. The summed E-state index contributed by atoms with van der Waals surface area (Å²) in [7, 11) is 0. The van der Waals surface area contributed by atoms with Gasteiger partial charge >= 0.3 is 6.09 Å². The number of carboxylic acid groups (broad SMARTS) is 1. The van der Waals surface area contributed by atoms with E-state index in [0.29, 0.717) is 18.2 Å². The van der Waals surface area contributed by atoms with E-state index < -0.39 is 12.1 Å². The molecule has 2 N–H and O–H groups in total. The van der Waals surface area contributed by atoms with E-state index in [0.717, 1.165) is 11.3 Å². The zero-order valence-electron chi connectivity index (χ0n) is 11.6. The van der Waals surface area contributed by atoms with Gasteiger partial charge in [-0.15, -0.1) is 0 Å². The molecular formula is C14H16N4O3.